The maximum atomic E-state index is 12.5. The van der Waals surface area contributed by atoms with Gasteiger partial charge in [-0.2, -0.15) is 0 Å². The Morgan fingerprint density at radius 3 is 2.38 bits per heavy atom. The fourth-order valence-corrected chi connectivity index (χ4v) is 3.22. The molecule has 2 heterocycles. The van der Waals surface area contributed by atoms with E-state index in [9.17, 15) is 9.90 Å². The molecule has 0 aromatic heterocycles. The van der Waals surface area contributed by atoms with Crippen molar-refractivity contribution in [2.24, 2.45) is 0 Å². The SMILES string of the molecule is O=C1c2ccccc2C2=CCC(O)(c3ccccc3)CN12. The highest BCUT2D eigenvalue weighted by molar-refractivity contribution is 6.09. The monoisotopic (exact) mass is 277 g/mol. The van der Waals surface area contributed by atoms with Crippen LogP contribution in [-0.2, 0) is 5.60 Å². The van der Waals surface area contributed by atoms with Crippen molar-refractivity contribution in [3.05, 3.63) is 77.4 Å². The average molecular weight is 277 g/mol. The normalized spacial score (nSPS) is 23.6. The van der Waals surface area contributed by atoms with Crippen molar-refractivity contribution in [1.82, 2.24) is 4.90 Å². The van der Waals surface area contributed by atoms with Gasteiger partial charge in [-0.25, -0.2) is 0 Å². The van der Waals surface area contributed by atoms with Crippen LogP contribution in [0.4, 0.5) is 0 Å². The van der Waals surface area contributed by atoms with Crippen LogP contribution < -0.4 is 0 Å². The first-order valence-corrected chi connectivity index (χ1v) is 7.08. The number of hydrogen-bond acceptors (Lipinski definition) is 2. The zero-order valence-electron chi connectivity index (χ0n) is 11.5. The largest absolute Gasteiger partial charge is 0.383 e. The van der Waals surface area contributed by atoms with Crippen LogP contribution in [0.5, 0.6) is 0 Å². The van der Waals surface area contributed by atoms with Crippen molar-refractivity contribution in [2.75, 3.05) is 6.54 Å². The summed E-state index contributed by atoms with van der Waals surface area (Å²) < 4.78 is 0. The molecule has 1 N–H and O–H groups in total. The first-order valence-electron chi connectivity index (χ1n) is 7.08. The van der Waals surface area contributed by atoms with Crippen LogP contribution in [0.15, 0.2) is 60.7 Å². The second-order valence-electron chi connectivity index (χ2n) is 5.63. The van der Waals surface area contributed by atoms with Crippen molar-refractivity contribution >= 4 is 11.6 Å². The van der Waals surface area contributed by atoms with Crippen LogP contribution in [0.1, 0.15) is 27.9 Å². The highest BCUT2D eigenvalue weighted by Gasteiger charge is 2.42. The lowest BCUT2D eigenvalue weighted by atomic mass is 9.87. The number of amides is 1. The molecule has 1 atom stereocenters. The third-order valence-electron chi connectivity index (χ3n) is 4.33. The van der Waals surface area contributed by atoms with Gasteiger partial charge < -0.3 is 10.0 Å². The Morgan fingerprint density at radius 2 is 1.62 bits per heavy atom. The van der Waals surface area contributed by atoms with Crippen LogP contribution in [0.25, 0.3) is 5.70 Å². The highest BCUT2D eigenvalue weighted by Crippen LogP contribution is 2.41. The zero-order chi connectivity index (χ0) is 14.4. The Labute approximate surface area is 123 Å². The molecular formula is C18H15NO2. The van der Waals surface area contributed by atoms with Crippen LogP contribution in [0, 0.1) is 0 Å². The molecule has 2 aliphatic heterocycles. The van der Waals surface area contributed by atoms with Gasteiger partial charge >= 0.3 is 0 Å². The van der Waals surface area contributed by atoms with Gasteiger partial charge in [0, 0.05) is 23.2 Å². The van der Waals surface area contributed by atoms with E-state index in [1.807, 2.05) is 60.7 Å². The number of nitrogens with zero attached hydrogens (tertiary/aromatic N) is 1. The Hall–Kier alpha value is -2.39. The molecule has 3 heteroatoms. The van der Waals surface area contributed by atoms with E-state index in [1.165, 1.54) is 0 Å². The van der Waals surface area contributed by atoms with Crippen molar-refractivity contribution < 1.29 is 9.90 Å². The third-order valence-corrected chi connectivity index (χ3v) is 4.33. The van der Waals surface area contributed by atoms with Crippen molar-refractivity contribution in [3.63, 3.8) is 0 Å². The van der Waals surface area contributed by atoms with Gasteiger partial charge in [0.1, 0.15) is 5.60 Å². The lowest BCUT2D eigenvalue weighted by Crippen LogP contribution is -2.43. The minimum absolute atomic E-state index is 0.0223. The predicted octanol–water partition coefficient (Wildman–Crippen LogP) is 2.77. The molecule has 1 amide bonds. The van der Waals surface area contributed by atoms with Crippen molar-refractivity contribution in [1.29, 1.82) is 0 Å². The van der Waals surface area contributed by atoms with Gasteiger partial charge in [0.05, 0.1) is 6.54 Å². The molecule has 0 radical (unpaired) electrons. The molecule has 2 aromatic rings. The lowest BCUT2D eigenvalue weighted by molar-refractivity contribution is 0.0109. The highest BCUT2D eigenvalue weighted by atomic mass is 16.3. The number of fused-ring (bicyclic) bond motifs is 3. The molecule has 104 valence electrons. The molecule has 0 saturated heterocycles. The lowest BCUT2D eigenvalue weighted by Gasteiger charge is -2.36. The van der Waals surface area contributed by atoms with E-state index in [4.69, 9.17) is 0 Å². The van der Waals surface area contributed by atoms with Gasteiger partial charge in [0.2, 0.25) is 0 Å². The summed E-state index contributed by atoms with van der Waals surface area (Å²) in [6.45, 7) is 0.302. The number of rotatable bonds is 1. The van der Waals surface area contributed by atoms with Gasteiger partial charge in [0.15, 0.2) is 0 Å². The fraction of sp³-hybridized carbons (Fsp3) is 0.167. The summed E-state index contributed by atoms with van der Waals surface area (Å²) >= 11 is 0. The van der Waals surface area contributed by atoms with Crippen LogP contribution in [0.2, 0.25) is 0 Å². The van der Waals surface area contributed by atoms with E-state index >= 15 is 0 Å². The molecule has 0 fully saturated rings. The Balaban J connectivity index is 1.77. The molecule has 1 unspecified atom stereocenters. The van der Waals surface area contributed by atoms with E-state index in [0.29, 0.717) is 13.0 Å². The number of aliphatic hydroxyl groups is 1. The minimum atomic E-state index is -1.01. The fourth-order valence-electron chi connectivity index (χ4n) is 3.22. The third kappa shape index (κ3) is 1.74. The Morgan fingerprint density at radius 1 is 0.952 bits per heavy atom. The van der Waals surface area contributed by atoms with Crippen molar-refractivity contribution in [2.45, 2.75) is 12.0 Å². The predicted molar refractivity (Wildman–Crippen MR) is 80.4 cm³/mol. The molecule has 2 aromatic carbocycles. The van der Waals surface area contributed by atoms with Gasteiger partial charge in [-0.3, -0.25) is 4.79 Å². The van der Waals surface area contributed by atoms with E-state index in [-0.39, 0.29) is 5.91 Å². The summed E-state index contributed by atoms with van der Waals surface area (Å²) in [6, 6.07) is 17.2. The van der Waals surface area contributed by atoms with Crippen LogP contribution in [-0.4, -0.2) is 22.5 Å². The molecule has 0 aliphatic carbocycles. The second-order valence-corrected chi connectivity index (χ2v) is 5.63. The first kappa shape index (κ1) is 12.4. The van der Waals surface area contributed by atoms with E-state index in [0.717, 1.165) is 22.4 Å². The molecular weight excluding hydrogens is 262 g/mol. The second kappa shape index (κ2) is 4.30. The van der Waals surface area contributed by atoms with E-state index in [2.05, 4.69) is 0 Å². The average Bonchev–Trinajstić information content (AvgIpc) is 2.81. The first-order chi connectivity index (χ1) is 10.2. The smallest absolute Gasteiger partial charge is 0.259 e. The summed E-state index contributed by atoms with van der Waals surface area (Å²) in [4.78, 5) is 14.2. The number of carbonyl (C=O) groups excluding carboxylic acids is 1. The molecule has 0 spiro atoms. The topological polar surface area (TPSA) is 40.5 Å². The number of carbonyl (C=O) groups is 1. The summed E-state index contributed by atoms with van der Waals surface area (Å²) in [6.07, 6.45) is 2.49. The molecule has 3 nitrogen and oxygen atoms in total. The van der Waals surface area contributed by atoms with Crippen LogP contribution >= 0.6 is 0 Å². The summed E-state index contributed by atoms with van der Waals surface area (Å²) in [5, 5.41) is 10.9. The van der Waals surface area contributed by atoms with Crippen LogP contribution in [0.3, 0.4) is 0 Å². The zero-order valence-corrected chi connectivity index (χ0v) is 11.5. The van der Waals surface area contributed by atoms with Gasteiger partial charge in [-0.15, -0.1) is 0 Å². The molecule has 2 aliphatic rings. The van der Waals surface area contributed by atoms with Gasteiger partial charge in [0.25, 0.3) is 5.91 Å². The van der Waals surface area contributed by atoms with Crippen molar-refractivity contribution in [3.8, 4) is 0 Å². The summed E-state index contributed by atoms with van der Waals surface area (Å²) in [5.41, 5.74) is 2.46. The number of hydrogen-bond donors (Lipinski definition) is 1. The van der Waals surface area contributed by atoms with Gasteiger partial charge in [-0.1, -0.05) is 54.6 Å². The quantitative estimate of drug-likeness (QED) is 0.870. The number of benzene rings is 2. The summed E-state index contributed by atoms with van der Waals surface area (Å²) in [7, 11) is 0. The molecule has 0 bridgehead atoms. The maximum Gasteiger partial charge on any atom is 0.259 e. The Kier molecular flexibility index (Phi) is 2.53. The van der Waals surface area contributed by atoms with E-state index in [1.54, 1.807) is 4.90 Å². The minimum Gasteiger partial charge on any atom is -0.383 e. The molecule has 21 heavy (non-hydrogen) atoms. The summed E-state index contributed by atoms with van der Waals surface area (Å²) in [5.74, 6) is -0.0223. The maximum absolute atomic E-state index is 12.5. The standard InChI is InChI=1S/C18H15NO2/c20-17-15-9-5-4-8-14(15)16-10-11-18(21,12-19(16)17)13-6-2-1-3-7-13/h1-10,21H,11-12H2. The van der Waals surface area contributed by atoms with E-state index < -0.39 is 5.60 Å². The Bertz CT molecular complexity index is 751. The molecule has 4 rings (SSSR count). The van der Waals surface area contributed by atoms with Gasteiger partial charge in [-0.05, 0) is 11.6 Å². The molecule has 0 saturated carbocycles.